The summed E-state index contributed by atoms with van der Waals surface area (Å²) in [7, 11) is -3.31. The summed E-state index contributed by atoms with van der Waals surface area (Å²) in [5.41, 5.74) is 0.964. The lowest BCUT2D eigenvalue weighted by molar-refractivity contribution is -0.120. The zero-order chi connectivity index (χ0) is 25.7. The van der Waals surface area contributed by atoms with Gasteiger partial charge in [0.15, 0.2) is 0 Å². The molecule has 4 fully saturated rings. The highest BCUT2D eigenvalue weighted by Crippen LogP contribution is 2.68. The highest BCUT2D eigenvalue weighted by atomic mass is 32.2. The molecule has 0 saturated heterocycles. The second-order valence-corrected chi connectivity index (χ2v) is 16.5. The molecule has 4 saturated carbocycles. The van der Waals surface area contributed by atoms with E-state index in [4.69, 9.17) is 0 Å². The first-order chi connectivity index (χ1) is 17.0. The largest absolute Gasteiger partial charge is 0.336 e. The van der Waals surface area contributed by atoms with Crippen molar-refractivity contribution in [3.63, 3.8) is 0 Å². The van der Waals surface area contributed by atoms with Crippen LogP contribution in [-0.2, 0) is 9.84 Å². The van der Waals surface area contributed by atoms with Gasteiger partial charge < -0.3 is 4.98 Å². The lowest BCUT2D eigenvalue weighted by atomic mass is 9.44. The maximum Gasteiger partial charge on any atom is 0.224 e. The van der Waals surface area contributed by atoms with Crippen LogP contribution >= 0.6 is 0 Å². The first-order valence-electron chi connectivity index (χ1n) is 15.3. The number of nitrogens with zero attached hydrogens (tertiary/aromatic N) is 1. The van der Waals surface area contributed by atoms with E-state index in [1.807, 2.05) is 0 Å². The van der Waals surface area contributed by atoms with Crippen LogP contribution in [0.5, 0.6) is 0 Å². The van der Waals surface area contributed by atoms with Crippen LogP contribution in [0.15, 0.2) is 17.6 Å². The van der Waals surface area contributed by atoms with Crippen LogP contribution < -0.4 is 0 Å². The van der Waals surface area contributed by atoms with Crippen molar-refractivity contribution in [1.82, 2.24) is 9.97 Å². The molecule has 0 amide bonds. The molecule has 4 aliphatic rings. The van der Waals surface area contributed by atoms with Gasteiger partial charge in [0, 0.05) is 12.4 Å². The predicted molar refractivity (Wildman–Crippen MR) is 147 cm³/mol. The number of aromatic nitrogens is 2. The molecule has 0 aromatic carbocycles. The molecule has 204 valence electrons. The number of hydrogen-bond acceptors (Lipinski definition) is 3. The van der Waals surface area contributed by atoms with E-state index in [1.54, 1.807) is 12.4 Å². The van der Waals surface area contributed by atoms with Crippen molar-refractivity contribution in [2.45, 2.75) is 117 Å². The maximum atomic E-state index is 12.9. The Kier molecular flexibility index (Phi) is 7.46. The molecular formula is C31H52N2O2S. The zero-order valence-corrected chi connectivity index (χ0v) is 24.5. The Bertz CT molecular complexity index is 988. The third-order valence-corrected chi connectivity index (χ3v) is 13.9. The van der Waals surface area contributed by atoms with Crippen LogP contribution in [-0.4, -0.2) is 24.1 Å². The van der Waals surface area contributed by atoms with Crippen LogP contribution in [0.1, 0.15) is 112 Å². The van der Waals surface area contributed by atoms with Crippen molar-refractivity contribution in [2.75, 3.05) is 5.75 Å². The van der Waals surface area contributed by atoms with E-state index in [2.05, 4.69) is 44.6 Å². The first kappa shape index (κ1) is 26.8. The summed E-state index contributed by atoms with van der Waals surface area (Å²) >= 11 is 0. The molecule has 0 bridgehead atoms. The number of fused-ring (bicyclic) bond motifs is 5. The molecule has 0 radical (unpaired) electrons. The van der Waals surface area contributed by atoms with E-state index in [0.29, 0.717) is 16.7 Å². The van der Waals surface area contributed by atoms with E-state index in [0.717, 1.165) is 48.3 Å². The number of sulfone groups is 1. The van der Waals surface area contributed by atoms with Crippen molar-refractivity contribution in [1.29, 1.82) is 0 Å². The van der Waals surface area contributed by atoms with Crippen molar-refractivity contribution in [2.24, 2.45) is 58.2 Å². The van der Waals surface area contributed by atoms with E-state index in [1.165, 1.54) is 64.2 Å². The Hall–Kier alpha value is -0.840. The van der Waals surface area contributed by atoms with Gasteiger partial charge >= 0.3 is 0 Å². The fourth-order valence-electron chi connectivity index (χ4n) is 10.3. The van der Waals surface area contributed by atoms with Crippen molar-refractivity contribution in [3.05, 3.63) is 12.4 Å². The molecule has 1 aromatic rings. The molecular weight excluding hydrogens is 464 g/mol. The molecule has 1 N–H and O–H groups in total. The number of nitrogens with one attached hydrogen (secondary N) is 1. The molecule has 9 atom stereocenters. The number of H-pyrrole nitrogens is 1. The summed E-state index contributed by atoms with van der Waals surface area (Å²) in [4.78, 5) is 6.86. The summed E-state index contributed by atoms with van der Waals surface area (Å²) < 4.78 is 25.8. The number of imidazole rings is 1. The number of aromatic amines is 1. The van der Waals surface area contributed by atoms with Gasteiger partial charge in [0.05, 0.1) is 5.75 Å². The van der Waals surface area contributed by atoms with E-state index < -0.39 is 9.84 Å². The molecule has 5 heteroatoms. The lowest BCUT2D eigenvalue weighted by Crippen LogP contribution is -2.54. The van der Waals surface area contributed by atoms with Gasteiger partial charge in [0.25, 0.3) is 0 Å². The van der Waals surface area contributed by atoms with Crippen LogP contribution in [0, 0.1) is 58.2 Å². The average Bonchev–Trinajstić information content (AvgIpc) is 3.47. The molecule has 0 spiro atoms. The highest BCUT2D eigenvalue weighted by molar-refractivity contribution is 7.91. The van der Waals surface area contributed by atoms with E-state index in [9.17, 15) is 8.42 Å². The number of hydrogen-bond donors (Lipinski definition) is 1. The SMILES string of the molecule is CC(C)CCC[C@@H](C)[C@H]1CCC2C3CC[C@H]4C[C@H](CS(=O)(=O)c5ncc[nH]5)CC[C@]4(C)C3CC[C@@]21C. The minimum Gasteiger partial charge on any atom is -0.336 e. The molecule has 1 aromatic heterocycles. The molecule has 4 nitrogen and oxygen atoms in total. The van der Waals surface area contributed by atoms with Crippen LogP contribution in [0.3, 0.4) is 0 Å². The normalized spacial score (nSPS) is 41.5. The van der Waals surface area contributed by atoms with Gasteiger partial charge in [-0.2, -0.15) is 0 Å². The molecule has 4 aliphatic carbocycles. The van der Waals surface area contributed by atoms with Crippen molar-refractivity contribution >= 4 is 9.84 Å². The van der Waals surface area contributed by atoms with Gasteiger partial charge in [0.2, 0.25) is 15.0 Å². The van der Waals surface area contributed by atoms with Crippen molar-refractivity contribution < 1.29 is 8.42 Å². The summed E-state index contributed by atoms with van der Waals surface area (Å²) in [6, 6.07) is 0. The third-order valence-electron chi connectivity index (χ3n) is 12.2. The Labute approximate surface area is 221 Å². The number of rotatable bonds is 8. The first-order valence-corrected chi connectivity index (χ1v) is 16.9. The summed E-state index contributed by atoms with van der Waals surface area (Å²) in [5, 5.41) is 0.153. The Morgan fingerprint density at radius 3 is 2.44 bits per heavy atom. The average molecular weight is 517 g/mol. The molecule has 0 aliphatic heterocycles. The monoisotopic (exact) mass is 516 g/mol. The van der Waals surface area contributed by atoms with Gasteiger partial charge in [0.1, 0.15) is 0 Å². The van der Waals surface area contributed by atoms with Crippen molar-refractivity contribution in [3.8, 4) is 0 Å². The Morgan fingerprint density at radius 1 is 0.972 bits per heavy atom. The smallest absolute Gasteiger partial charge is 0.224 e. The zero-order valence-electron chi connectivity index (χ0n) is 23.6. The quantitative estimate of drug-likeness (QED) is 0.382. The van der Waals surface area contributed by atoms with Crippen LogP contribution in [0.25, 0.3) is 0 Å². The highest BCUT2D eigenvalue weighted by Gasteiger charge is 2.60. The fraction of sp³-hybridized carbons (Fsp3) is 0.903. The molecule has 5 rings (SSSR count). The molecule has 3 unspecified atom stereocenters. The van der Waals surface area contributed by atoms with Gasteiger partial charge in [-0.1, -0.05) is 53.9 Å². The Balaban J connectivity index is 1.24. The van der Waals surface area contributed by atoms with Gasteiger partial charge in [-0.3, -0.25) is 0 Å². The maximum absolute atomic E-state index is 12.9. The van der Waals surface area contributed by atoms with Crippen LogP contribution in [0.4, 0.5) is 0 Å². The summed E-state index contributed by atoms with van der Waals surface area (Å²) in [5.74, 6) is 6.54. The van der Waals surface area contributed by atoms with Gasteiger partial charge in [-0.15, -0.1) is 0 Å². The molecule has 1 heterocycles. The predicted octanol–water partition coefficient (Wildman–Crippen LogP) is 7.92. The van der Waals surface area contributed by atoms with Gasteiger partial charge in [-0.05, 0) is 116 Å². The fourth-order valence-corrected chi connectivity index (χ4v) is 11.9. The van der Waals surface area contributed by atoms with Crippen LogP contribution in [0.2, 0.25) is 0 Å². The van der Waals surface area contributed by atoms with Gasteiger partial charge in [-0.25, -0.2) is 13.4 Å². The summed E-state index contributed by atoms with van der Waals surface area (Å²) in [6.45, 7) is 12.6. The van der Waals surface area contributed by atoms with E-state index in [-0.39, 0.29) is 16.8 Å². The second-order valence-electron chi connectivity index (χ2n) is 14.5. The standard InChI is InChI=1S/C31H52N2O2S/c1-21(2)7-6-8-22(3)26-11-12-27-25-10-9-24-19-23(20-36(34,35)29-32-17-18-33-29)13-15-30(24,4)28(25)14-16-31(26,27)5/h17-18,21-28H,6-16,19-20H2,1-5H3,(H,32,33)/t22-,23-,24+,25?,26-,27?,28?,30+,31-/m1/s1. The minimum absolute atomic E-state index is 0.153. The minimum atomic E-state index is -3.31. The topological polar surface area (TPSA) is 62.8 Å². The Morgan fingerprint density at radius 2 is 1.72 bits per heavy atom. The summed E-state index contributed by atoms with van der Waals surface area (Å²) in [6.07, 6.45) is 19.2. The lowest BCUT2D eigenvalue weighted by Gasteiger charge is -2.61. The third kappa shape index (κ3) is 4.73. The van der Waals surface area contributed by atoms with E-state index >= 15 is 0 Å². The molecule has 36 heavy (non-hydrogen) atoms. The second kappa shape index (κ2) is 10.0.